The van der Waals surface area contributed by atoms with Gasteiger partial charge in [0.15, 0.2) is 0 Å². The Hall–Kier alpha value is -1.60. The summed E-state index contributed by atoms with van der Waals surface area (Å²) in [5, 5.41) is 0. The number of carbonyl (C=O) groups excluding carboxylic acids is 1. The quantitative estimate of drug-likeness (QED) is 0.633. The average molecular weight is 292 g/mol. The Morgan fingerprint density at radius 3 is 2.60 bits per heavy atom. The number of hydrogen-bond acceptors (Lipinski definition) is 3. The van der Waals surface area contributed by atoms with Gasteiger partial charge in [-0.3, -0.25) is 4.21 Å². The maximum absolute atomic E-state index is 12.2. The van der Waals surface area contributed by atoms with Crippen molar-refractivity contribution in [3.63, 3.8) is 0 Å². The Kier molecular flexibility index (Phi) is 5.52. The summed E-state index contributed by atoms with van der Waals surface area (Å²) in [4.78, 5) is 12.8. The number of terminal acetylenes is 1. The molecule has 0 unspecified atom stereocenters. The summed E-state index contributed by atoms with van der Waals surface area (Å²) in [5.74, 6) is 2.10. The lowest BCUT2D eigenvalue weighted by Gasteiger charge is -2.28. The predicted molar refractivity (Wildman–Crippen MR) is 80.9 cm³/mol. The number of carbonyl (C=O) groups is 1. The minimum Gasteiger partial charge on any atom is -0.457 e. The first kappa shape index (κ1) is 16.5. The van der Waals surface area contributed by atoms with E-state index in [0.717, 1.165) is 0 Å². The third kappa shape index (κ3) is 4.50. The SMILES string of the molecule is C#CC[C@@H](OC(=O)c1cccc([S@@](C)=O)c1)C(C)(C)C. The van der Waals surface area contributed by atoms with Gasteiger partial charge in [-0.2, -0.15) is 0 Å². The first-order valence-corrected chi connectivity index (χ1v) is 7.89. The summed E-state index contributed by atoms with van der Waals surface area (Å²) >= 11 is 0. The van der Waals surface area contributed by atoms with Gasteiger partial charge in [0.25, 0.3) is 0 Å². The number of hydrogen-bond donors (Lipinski definition) is 0. The van der Waals surface area contributed by atoms with Crippen LogP contribution < -0.4 is 0 Å². The lowest BCUT2D eigenvalue weighted by atomic mass is 9.87. The van der Waals surface area contributed by atoms with Crippen molar-refractivity contribution < 1.29 is 13.7 Å². The molecule has 0 aliphatic carbocycles. The van der Waals surface area contributed by atoms with Crippen LogP contribution in [0.1, 0.15) is 37.6 Å². The zero-order valence-corrected chi connectivity index (χ0v) is 13.1. The molecule has 0 radical (unpaired) electrons. The molecule has 0 aromatic heterocycles. The lowest BCUT2D eigenvalue weighted by molar-refractivity contribution is -0.000566. The number of benzene rings is 1. The molecule has 4 heteroatoms. The lowest BCUT2D eigenvalue weighted by Crippen LogP contribution is -2.31. The highest BCUT2D eigenvalue weighted by Gasteiger charge is 2.28. The third-order valence-corrected chi connectivity index (χ3v) is 3.84. The van der Waals surface area contributed by atoms with Gasteiger partial charge >= 0.3 is 5.97 Å². The minimum atomic E-state index is -1.13. The first-order valence-electron chi connectivity index (χ1n) is 6.33. The molecular formula is C16H20O3S. The van der Waals surface area contributed by atoms with Crippen LogP contribution in [-0.2, 0) is 15.5 Å². The van der Waals surface area contributed by atoms with Crippen molar-refractivity contribution in [1.29, 1.82) is 0 Å². The van der Waals surface area contributed by atoms with Crippen molar-refractivity contribution in [1.82, 2.24) is 0 Å². The standard InChI is InChI=1S/C16H20O3S/c1-6-8-14(16(2,3)4)19-15(17)12-9-7-10-13(11-12)20(5)18/h1,7,9-11,14H,8H2,2-5H3/t14-,20-/m1/s1. The molecule has 0 saturated carbocycles. The van der Waals surface area contributed by atoms with E-state index in [1.54, 1.807) is 30.5 Å². The molecule has 0 spiro atoms. The van der Waals surface area contributed by atoms with E-state index < -0.39 is 16.8 Å². The monoisotopic (exact) mass is 292 g/mol. The molecule has 0 heterocycles. The molecule has 1 aromatic carbocycles. The fraction of sp³-hybridized carbons (Fsp3) is 0.438. The Morgan fingerprint density at radius 2 is 2.10 bits per heavy atom. The Balaban J connectivity index is 2.92. The smallest absolute Gasteiger partial charge is 0.338 e. The minimum absolute atomic E-state index is 0.229. The second-order valence-electron chi connectivity index (χ2n) is 5.65. The summed E-state index contributed by atoms with van der Waals surface area (Å²) in [6, 6.07) is 6.65. The van der Waals surface area contributed by atoms with E-state index in [-0.39, 0.29) is 11.5 Å². The molecule has 0 N–H and O–H groups in total. The molecular weight excluding hydrogens is 272 g/mol. The van der Waals surface area contributed by atoms with E-state index >= 15 is 0 Å². The van der Waals surface area contributed by atoms with Gasteiger partial charge in [-0.15, -0.1) is 12.3 Å². The first-order chi connectivity index (χ1) is 9.25. The fourth-order valence-corrected chi connectivity index (χ4v) is 2.19. The average Bonchev–Trinajstić information content (AvgIpc) is 2.37. The summed E-state index contributed by atoms with van der Waals surface area (Å²) < 4.78 is 16.9. The third-order valence-electron chi connectivity index (χ3n) is 2.92. The van der Waals surface area contributed by atoms with Gasteiger partial charge in [-0.1, -0.05) is 26.8 Å². The molecule has 108 valence electrons. The van der Waals surface area contributed by atoms with Crippen molar-refractivity contribution in [2.24, 2.45) is 5.41 Å². The van der Waals surface area contributed by atoms with Gasteiger partial charge in [0.2, 0.25) is 0 Å². The second kappa shape index (κ2) is 6.71. The van der Waals surface area contributed by atoms with E-state index in [1.165, 1.54) is 0 Å². The molecule has 3 nitrogen and oxygen atoms in total. The van der Waals surface area contributed by atoms with Crippen LogP contribution in [-0.4, -0.2) is 22.5 Å². The summed E-state index contributed by atoms with van der Waals surface area (Å²) in [6.45, 7) is 5.92. The molecule has 20 heavy (non-hydrogen) atoms. The van der Waals surface area contributed by atoms with Crippen LogP contribution in [0.4, 0.5) is 0 Å². The van der Waals surface area contributed by atoms with E-state index in [2.05, 4.69) is 5.92 Å². The highest BCUT2D eigenvalue weighted by molar-refractivity contribution is 7.84. The van der Waals surface area contributed by atoms with Crippen molar-refractivity contribution >= 4 is 16.8 Å². The zero-order valence-electron chi connectivity index (χ0n) is 12.3. The highest BCUT2D eigenvalue weighted by Crippen LogP contribution is 2.25. The van der Waals surface area contributed by atoms with Crippen molar-refractivity contribution in [2.45, 2.75) is 38.2 Å². The Labute approximate surface area is 123 Å². The van der Waals surface area contributed by atoms with Crippen LogP contribution in [0, 0.1) is 17.8 Å². The molecule has 0 amide bonds. The fourth-order valence-electron chi connectivity index (χ4n) is 1.63. The van der Waals surface area contributed by atoms with E-state index in [1.807, 2.05) is 20.8 Å². The molecule has 0 fully saturated rings. The molecule has 1 aromatic rings. The van der Waals surface area contributed by atoms with Crippen molar-refractivity contribution in [3.05, 3.63) is 29.8 Å². The molecule has 0 bridgehead atoms. The maximum atomic E-state index is 12.2. The summed E-state index contributed by atoms with van der Waals surface area (Å²) in [6.07, 6.45) is 6.91. The largest absolute Gasteiger partial charge is 0.457 e. The van der Waals surface area contributed by atoms with E-state index in [4.69, 9.17) is 11.2 Å². The molecule has 0 saturated heterocycles. The molecule has 0 aliphatic heterocycles. The van der Waals surface area contributed by atoms with Crippen LogP contribution in [0.5, 0.6) is 0 Å². The molecule has 0 aliphatic rings. The van der Waals surface area contributed by atoms with Gasteiger partial charge in [0.1, 0.15) is 6.10 Å². The van der Waals surface area contributed by atoms with Crippen molar-refractivity contribution in [2.75, 3.05) is 6.26 Å². The van der Waals surface area contributed by atoms with Gasteiger partial charge in [-0.25, -0.2) is 4.79 Å². The normalized spacial score (nSPS) is 14.2. The number of rotatable bonds is 4. The highest BCUT2D eigenvalue weighted by atomic mass is 32.2. The van der Waals surface area contributed by atoms with Gasteiger partial charge in [0, 0.05) is 28.4 Å². The number of ether oxygens (including phenoxy) is 1. The van der Waals surface area contributed by atoms with Crippen LogP contribution in [0.2, 0.25) is 0 Å². The van der Waals surface area contributed by atoms with Crippen LogP contribution in [0.3, 0.4) is 0 Å². The van der Waals surface area contributed by atoms with E-state index in [0.29, 0.717) is 16.9 Å². The number of esters is 1. The van der Waals surface area contributed by atoms with Crippen LogP contribution >= 0.6 is 0 Å². The Bertz CT molecular complexity index is 550. The van der Waals surface area contributed by atoms with Crippen molar-refractivity contribution in [3.8, 4) is 12.3 Å². The van der Waals surface area contributed by atoms with E-state index in [9.17, 15) is 9.00 Å². The Morgan fingerprint density at radius 1 is 1.45 bits per heavy atom. The van der Waals surface area contributed by atoms with Crippen LogP contribution in [0.25, 0.3) is 0 Å². The van der Waals surface area contributed by atoms with Gasteiger partial charge in [-0.05, 0) is 23.6 Å². The summed E-state index contributed by atoms with van der Waals surface area (Å²) in [7, 11) is -1.13. The van der Waals surface area contributed by atoms with Crippen LogP contribution in [0.15, 0.2) is 29.2 Å². The molecule has 1 rings (SSSR count). The zero-order chi connectivity index (χ0) is 15.3. The van der Waals surface area contributed by atoms with Gasteiger partial charge < -0.3 is 4.74 Å². The summed E-state index contributed by atoms with van der Waals surface area (Å²) in [5.41, 5.74) is 0.164. The maximum Gasteiger partial charge on any atom is 0.338 e. The topological polar surface area (TPSA) is 43.4 Å². The molecule has 2 atom stereocenters. The second-order valence-corrected chi connectivity index (χ2v) is 7.03. The predicted octanol–water partition coefficient (Wildman–Crippen LogP) is 3.02. The van der Waals surface area contributed by atoms with Gasteiger partial charge in [0.05, 0.1) is 5.56 Å².